The van der Waals surface area contributed by atoms with Gasteiger partial charge in [0.25, 0.3) is 0 Å². The highest BCUT2D eigenvalue weighted by Crippen LogP contribution is 2.12. The number of likely N-dealkylation sites (N-methyl/N-ethyl adjacent to an activating group) is 1. The van der Waals surface area contributed by atoms with Gasteiger partial charge < -0.3 is 20.7 Å². The molecule has 164 valence electrons. The first kappa shape index (κ1) is 25.0. The van der Waals surface area contributed by atoms with Crippen molar-refractivity contribution < 1.29 is 19.1 Å². The minimum Gasteiger partial charge on any atom is -0.444 e. The molecule has 0 heterocycles. The molecular weight excluding hydrogens is 384 g/mol. The van der Waals surface area contributed by atoms with E-state index in [-0.39, 0.29) is 18.2 Å². The largest absolute Gasteiger partial charge is 0.444 e. The van der Waals surface area contributed by atoms with Crippen LogP contribution in [0.4, 0.5) is 4.79 Å². The van der Waals surface area contributed by atoms with E-state index in [1.54, 1.807) is 45.0 Å². The molecule has 0 aliphatic rings. The number of rotatable bonds is 8. The van der Waals surface area contributed by atoms with Gasteiger partial charge in [-0.25, -0.2) is 4.79 Å². The highest BCUT2D eigenvalue weighted by Gasteiger charge is 2.30. The summed E-state index contributed by atoms with van der Waals surface area (Å²) in [5.74, 6) is -0.907. The van der Waals surface area contributed by atoms with Gasteiger partial charge in [0.05, 0.1) is 11.6 Å². The first-order valence-corrected chi connectivity index (χ1v) is 10.0. The second kappa shape index (κ2) is 11.2. The topological polar surface area (TPSA) is 120 Å². The summed E-state index contributed by atoms with van der Waals surface area (Å²) in [7, 11) is 1.51. The predicted molar refractivity (Wildman–Crippen MR) is 113 cm³/mol. The van der Waals surface area contributed by atoms with Crippen molar-refractivity contribution in [3.8, 4) is 6.07 Å². The van der Waals surface area contributed by atoms with Crippen LogP contribution >= 0.6 is 0 Å². The third kappa shape index (κ3) is 8.11. The Morgan fingerprint density at radius 1 is 1.17 bits per heavy atom. The highest BCUT2D eigenvalue weighted by molar-refractivity contribution is 5.91. The first-order valence-electron chi connectivity index (χ1n) is 10.0. The summed E-state index contributed by atoms with van der Waals surface area (Å²) in [6.45, 7) is 8.97. The van der Waals surface area contributed by atoms with Gasteiger partial charge in [0, 0.05) is 13.5 Å². The van der Waals surface area contributed by atoms with E-state index >= 15 is 0 Å². The van der Waals surface area contributed by atoms with Crippen molar-refractivity contribution in [1.29, 1.82) is 5.26 Å². The van der Waals surface area contributed by atoms with E-state index in [0.717, 1.165) is 0 Å². The second-order valence-corrected chi connectivity index (χ2v) is 8.20. The van der Waals surface area contributed by atoms with Gasteiger partial charge in [-0.15, -0.1) is 0 Å². The molecule has 3 atom stereocenters. The lowest BCUT2D eigenvalue weighted by Crippen LogP contribution is -2.56. The summed E-state index contributed by atoms with van der Waals surface area (Å²) in [4.78, 5) is 37.6. The van der Waals surface area contributed by atoms with Crippen LogP contribution in [0.15, 0.2) is 24.3 Å². The van der Waals surface area contributed by atoms with Crippen molar-refractivity contribution in [3.05, 3.63) is 35.4 Å². The Labute approximate surface area is 178 Å². The minimum atomic E-state index is -0.981. The lowest BCUT2D eigenvalue weighted by Gasteiger charge is -2.27. The molecule has 1 aromatic carbocycles. The van der Waals surface area contributed by atoms with Crippen molar-refractivity contribution >= 4 is 17.9 Å². The monoisotopic (exact) mass is 416 g/mol. The number of hydrogen-bond acceptors (Lipinski definition) is 5. The van der Waals surface area contributed by atoms with Crippen LogP contribution < -0.4 is 16.0 Å². The standard InChI is InChI=1S/C22H32N4O4/c1-7-14(2)18(20(28)24-6)26-19(27)17(25-21(29)30-22(3,4)5)12-15-9-8-10-16(11-15)13-23/h8-11,14,17-18H,7,12H2,1-6H3,(H,24,28)(H,25,29)(H,26,27)/t14-,17-,18-/m0/s1. The number of alkyl carbamates (subject to hydrolysis) is 1. The zero-order valence-corrected chi connectivity index (χ0v) is 18.5. The molecule has 0 fully saturated rings. The van der Waals surface area contributed by atoms with Crippen molar-refractivity contribution in [2.45, 2.75) is 65.1 Å². The molecule has 8 nitrogen and oxygen atoms in total. The minimum absolute atomic E-state index is 0.0991. The van der Waals surface area contributed by atoms with Crippen molar-refractivity contribution in [3.63, 3.8) is 0 Å². The Balaban J connectivity index is 3.10. The van der Waals surface area contributed by atoms with Crippen LogP contribution in [-0.4, -0.2) is 42.6 Å². The predicted octanol–water partition coefficient (Wildman–Crippen LogP) is 2.27. The van der Waals surface area contributed by atoms with Crippen LogP contribution in [0.2, 0.25) is 0 Å². The van der Waals surface area contributed by atoms with Crippen LogP contribution in [-0.2, 0) is 20.7 Å². The summed E-state index contributed by atoms with van der Waals surface area (Å²) >= 11 is 0. The average Bonchev–Trinajstić information content (AvgIpc) is 2.68. The SMILES string of the molecule is CC[C@H](C)[C@H](NC(=O)[C@H](Cc1cccc(C#N)c1)NC(=O)OC(C)(C)C)C(=O)NC. The van der Waals surface area contributed by atoms with Gasteiger partial charge in [-0.2, -0.15) is 5.26 Å². The Bertz CT molecular complexity index is 795. The number of hydrogen-bond donors (Lipinski definition) is 3. The van der Waals surface area contributed by atoms with Gasteiger partial charge >= 0.3 is 6.09 Å². The summed E-state index contributed by atoms with van der Waals surface area (Å²) in [5, 5.41) is 17.0. The van der Waals surface area contributed by atoms with Gasteiger partial charge in [0.2, 0.25) is 11.8 Å². The van der Waals surface area contributed by atoms with E-state index < -0.39 is 29.7 Å². The molecule has 3 amide bonds. The van der Waals surface area contributed by atoms with Gasteiger partial charge in [-0.05, 0) is 44.4 Å². The quantitative estimate of drug-likeness (QED) is 0.600. The van der Waals surface area contributed by atoms with E-state index in [1.165, 1.54) is 7.05 Å². The van der Waals surface area contributed by atoms with Crippen molar-refractivity contribution in [2.75, 3.05) is 7.05 Å². The molecule has 0 unspecified atom stereocenters. The smallest absolute Gasteiger partial charge is 0.408 e. The fourth-order valence-electron chi connectivity index (χ4n) is 2.77. The molecule has 0 saturated carbocycles. The molecule has 8 heteroatoms. The number of benzene rings is 1. The maximum Gasteiger partial charge on any atom is 0.408 e. The molecule has 0 aliphatic heterocycles. The Morgan fingerprint density at radius 2 is 1.83 bits per heavy atom. The normalized spacial score (nSPS) is 13.9. The van der Waals surface area contributed by atoms with Crippen LogP contribution in [0.1, 0.15) is 52.2 Å². The summed E-state index contributed by atoms with van der Waals surface area (Å²) in [6, 6.07) is 7.13. The van der Waals surface area contributed by atoms with Gasteiger partial charge in [0.15, 0.2) is 0 Å². The maximum atomic E-state index is 13.0. The lowest BCUT2D eigenvalue weighted by atomic mass is 9.97. The molecule has 1 aromatic rings. The van der Waals surface area contributed by atoms with Crippen molar-refractivity contribution in [2.24, 2.45) is 5.92 Å². The molecule has 0 saturated heterocycles. The zero-order valence-electron chi connectivity index (χ0n) is 18.5. The second-order valence-electron chi connectivity index (χ2n) is 8.20. The van der Waals surface area contributed by atoms with E-state index in [0.29, 0.717) is 17.5 Å². The third-order valence-electron chi connectivity index (χ3n) is 4.54. The van der Waals surface area contributed by atoms with Gasteiger partial charge in [-0.1, -0.05) is 32.4 Å². The molecule has 30 heavy (non-hydrogen) atoms. The highest BCUT2D eigenvalue weighted by atomic mass is 16.6. The number of carbonyl (C=O) groups excluding carboxylic acids is 3. The summed E-state index contributed by atoms with van der Waals surface area (Å²) in [6.07, 6.45) is 0.0908. The summed E-state index contributed by atoms with van der Waals surface area (Å²) < 4.78 is 5.28. The Kier molecular flexibility index (Phi) is 9.31. The van der Waals surface area contributed by atoms with Gasteiger partial charge in [0.1, 0.15) is 17.7 Å². The number of ether oxygens (including phenoxy) is 1. The molecule has 0 bridgehead atoms. The van der Waals surface area contributed by atoms with Crippen LogP contribution in [0.5, 0.6) is 0 Å². The van der Waals surface area contributed by atoms with Crippen LogP contribution in [0.25, 0.3) is 0 Å². The molecule has 0 spiro atoms. The van der Waals surface area contributed by atoms with E-state index in [1.807, 2.05) is 13.8 Å². The number of nitrogens with zero attached hydrogens (tertiary/aromatic N) is 1. The molecule has 3 N–H and O–H groups in total. The first-order chi connectivity index (χ1) is 14.0. The maximum absolute atomic E-state index is 13.0. The summed E-state index contributed by atoms with van der Waals surface area (Å²) in [5.41, 5.74) is 0.421. The fraction of sp³-hybridized carbons (Fsp3) is 0.545. The molecule has 0 aliphatic carbocycles. The van der Waals surface area contributed by atoms with Crippen LogP contribution in [0, 0.1) is 17.2 Å². The average molecular weight is 417 g/mol. The van der Waals surface area contributed by atoms with Crippen molar-refractivity contribution in [1.82, 2.24) is 16.0 Å². The lowest BCUT2D eigenvalue weighted by molar-refractivity contribution is -0.131. The molecule has 0 aromatic heterocycles. The zero-order chi connectivity index (χ0) is 22.9. The number of nitriles is 1. The molecule has 1 rings (SSSR count). The Hall–Kier alpha value is -3.08. The molecular formula is C22H32N4O4. The van der Waals surface area contributed by atoms with Gasteiger partial charge in [-0.3, -0.25) is 9.59 Å². The van der Waals surface area contributed by atoms with Crippen LogP contribution in [0.3, 0.4) is 0 Å². The number of nitrogens with one attached hydrogen (secondary N) is 3. The molecule has 0 radical (unpaired) electrons. The number of carbonyl (C=O) groups is 3. The fourth-order valence-corrected chi connectivity index (χ4v) is 2.77. The number of amides is 3. The Morgan fingerprint density at radius 3 is 2.37 bits per heavy atom. The van der Waals surface area contributed by atoms with E-state index in [9.17, 15) is 14.4 Å². The third-order valence-corrected chi connectivity index (χ3v) is 4.54. The van der Waals surface area contributed by atoms with E-state index in [4.69, 9.17) is 10.00 Å². The van der Waals surface area contributed by atoms with E-state index in [2.05, 4.69) is 22.0 Å².